The molecule has 0 amide bonds. The van der Waals surface area contributed by atoms with Crippen molar-refractivity contribution in [1.29, 1.82) is 0 Å². The van der Waals surface area contributed by atoms with E-state index >= 15 is 0 Å². The van der Waals surface area contributed by atoms with Gasteiger partial charge in [0.2, 0.25) is 10.0 Å². The zero-order valence-corrected chi connectivity index (χ0v) is 10.5. The van der Waals surface area contributed by atoms with E-state index in [1.807, 2.05) is 0 Å². The highest BCUT2D eigenvalue weighted by atomic mass is 32.2. The topological polar surface area (TPSA) is 63.4 Å². The first kappa shape index (κ1) is 12.9. The van der Waals surface area contributed by atoms with Crippen LogP contribution in [0.1, 0.15) is 33.1 Å². The Labute approximate surface area is 92.9 Å². The first-order valence-electron chi connectivity index (χ1n) is 5.67. The molecule has 1 rings (SSSR count). The van der Waals surface area contributed by atoms with Gasteiger partial charge in [0, 0.05) is 13.1 Å². The average Bonchev–Trinajstić information content (AvgIpc) is 2.19. The highest BCUT2D eigenvalue weighted by Crippen LogP contribution is 2.23. The summed E-state index contributed by atoms with van der Waals surface area (Å²) >= 11 is 0. The van der Waals surface area contributed by atoms with Gasteiger partial charge in [-0.05, 0) is 45.6 Å². The van der Waals surface area contributed by atoms with E-state index in [2.05, 4.69) is 0 Å². The van der Waals surface area contributed by atoms with Gasteiger partial charge in [0.1, 0.15) is 0 Å². The molecule has 0 aromatic heterocycles. The van der Waals surface area contributed by atoms with E-state index in [1.165, 1.54) is 0 Å². The first-order chi connectivity index (χ1) is 6.98. The molecule has 5 heteroatoms. The Bertz CT molecular complexity index is 280. The van der Waals surface area contributed by atoms with Crippen molar-refractivity contribution in [2.24, 2.45) is 11.7 Å². The molecule has 0 spiro atoms. The summed E-state index contributed by atoms with van der Waals surface area (Å²) < 4.78 is 25.3. The van der Waals surface area contributed by atoms with Crippen LogP contribution < -0.4 is 5.73 Å². The molecule has 0 atom stereocenters. The van der Waals surface area contributed by atoms with Gasteiger partial charge in [-0.3, -0.25) is 0 Å². The van der Waals surface area contributed by atoms with Gasteiger partial charge in [-0.25, -0.2) is 12.7 Å². The van der Waals surface area contributed by atoms with Crippen LogP contribution in [-0.2, 0) is 10.0 Å². The van der Waals surface area contributed by atoms with E-state index in [4.69, 9.17) is 5.73 Å². The molecule has 0 aromatic carbocycles. The highest BCUT2D eigenvalue weighted by molar-refractivity contribution is 7.89. The van der Waals surface area contributed by atoms with Gasteiger partial charge in [0.05, 0.1) is 5.25 Å². The molecule has 2 N–H and O–H groups in total. The van der Waals surface area contributed by atoms with Gasteiger partial charge in [0.25, 0.3) is 0 Å². The second-order valence-corrected chi connectivity index (χ2v) is 7.00. The van der Waals surface area contributed by atoms with Crippen LogP contribution in [0.15, 0.2) is 0 Å². The van der Waals surface area contributed by atoms with Crippen molar-refractivity contribution < 1.29 is 8.42 Å². The molecule has 1 saturated heterocycles. The molecule has 1 aliphatic rings. The molecule has 1 aliphatic heterocycles. The van der Waals surface area contributed by atoms with Gasteiger partial charge in [-0.1, -0.05) is 0 Å². The monoisotopic (exact) mass is 234 g/mol. The maximum atomic E-state index is 11.9. The minimum Gasteiger partial charge on any atom is -0.330 e. The Balaban J connectivity index is 2.51. The van der Waals surface area contributed by atoms with E-state index < -0.39 is 10.0 Å². The summed E-state index contributed by atoms with van der Waals surface area (Å²) in [6.07, 6.45) is 2.95. The van der Waals surface area contributed by atoms with E-state index in [-0.39, 0.29) is 5.25 Å². The Morgan fingerprint density at radius 2 is 1.87 bits per heavy atom. The molecule has 1 fully saturated rings. The van der Waals surface area contributed by atoms with E-state index in [0.717, 1.165) is 19.3 Å². The minimum atomic E-state index is -3.04. The van der Waals surface area contributed by atoms with Crippen LogP contribution >= 0.6 is 0 Å². The van der Waals surface area contributed by atoms with Crippen molar-refractivity contribution >= 4 is 10.0 Å². The van der Waals surface area contributed by atoms with Crippen LogP contribution in [-0.4, -0.2) is 37.6 Å². The zero-order chi connectivity index (χ0) is 11.5. The molecule has 0 aliphatic carbocycles. The summed E-state index contributed by atoms with van der Waals surface area (Å²) in [4.78, 5) is 0. The molecule has 90 valence electrons. The SMILES string of the molecule is CC(C)S(=O)(=O)N1CCC(CCN)CC1. The first-order valence-corrected chi connectivity index (χ1v) is 7.17. The lowest BCUT2D eigenvalue weighted by molar-refractivity contribution is 0.264. The molecule has 0 saturated carbocycles. The molecule has 0 radical (unpaired) electrons. The van der Waals surface area contributed by atoms with Crippen LogP contribution in [0.4, 0.5) is 0 Å². The van der Waals surface area contributed by atoms with Crippen LogP contribution in [0.3, 0.4) is 0 Å². The summed E-state index contributed by atoms with van der Waals surface area (Å²) in [6.45, 7) is 5.53. The van der Waals surface area contributed by atoms with Crippen LogP contribution in [0.5, 0.6) is 0 Å². The molecule has 0 aromatic rings. The van der Waals surface area contributed by atoms with Crippen LogP contribution in [0, 0.1) is 5.92 Å². The molecular weight excluding hydrogens is 212 g/mol. The maximum Gasteiger partial charge on any atom is 0.216 e. The quantitative estimate of drug-likeness (QED) is 0.782. The number of rotatable bonds is 4. The number of piperidine rings is 1. The lowest BCUT2D eigenvalue weighted by Gasteiger charge is -2.32. The fraction of sp³-hybridized carbons (Fsp3) is 1.00. The summed E-state index contributed by atoms with van der Waals surface area (Å²) in [6, 6.07) is 0. The van der Waals surface area contributed by atoms with Crippen LogP contribution in [0.2, 0.25) is 0 Å². The van der Waals surface area contributed by atoms with E-state index in [9.17, 15) is 8.42 Å². The normalized spacial score (nSPS) is 21.1. The van der Waals surface area contributed by atoms with Crippen molar-refractivity contribution in [3.8, 4) is 0 Å². The van der Waals surface area contributed by atoms with Gasteiger partial charge in [-0.15, -0.1) is 0 Å². The minimum absolute atomic E-state index is 0.302. The largest absolute Gasteiger partial charge is 0.330 e. The highest BCUT2D eigenvalue weighted by Gasteiger charge is 2.29. The number of sulfonamides is 1. The van der Waals surface area contributed by atoms with Crippen molar-refractivity contribution in [2.45, 2.75) is 38.4 Å². The van der Waals surface area contributed by atoms with Crippen molar-refractivity contribution in [3.63, 3.8) is 0 Å². The smallest absolute Gasteiger partial charge is 0.216 e. The summed E-state index contributed by atoms with van der Waals surface area (Å²) in [5.74, 6) is 0.619. The Morgan fingerprint density at radius 1 is 1.33 bits per heavy atom. The van der Waals surface area contributed by atoms with Crippen LogP contribution in [0.25, 0.3) is 0 Å². The Kier molecular flexibility index (Phi) is 4.55. The van der Waals surface area contributed by atoms with Gasteiger partial charge < -0.3 is 5.73 Å². The second kappa shape index (κ2) is 5.27. The fourth-order valence-corrected chi connectivity index (χ4v) is 3.30. The van der Waals surface area contributed by atoms with Gasteiger partial charge >= 0.3 is 0 Å². The fourth-order valence-electron chi connectivity index (χ4n) is 1.99. The third kappa shape index (κ3) is 3.16. The number of hydrogen-bond acceptors (Lipinski definition) is 3. The predicted molar refractivity (Wildman–Crippen MR) is 62.0 cm³/mol. The molecular formula is C10H22N2O2S. The standard InChI is InChI=1S/C10H22N2O2S/c1-9(2)15(13,14)12-7-4-10(3-6-11)5-8-12/h9-10H,3-8,11H2,1-2H3. The van der Waals surface area contributed by atoms with E-state index in [0.29, 0.717) is 25.6 Å². The predicted octanol–water partition coefficient (Wildman–Crippen LogP) is 0.785. The maximum absolute atomic E-state index is 11.9. The third-order valence-electron chi connectivity index (χ3n) is 3.10. The number of nitrogens with zero attached hydrogens (tertiary/aromatic N) is 1. The van der Waals surface area contributed by atoms with Gasteiger partial charge in [0.15, 0.2) is 0 Å². The number of hydrogen-bond donors (Lipinski definition) is 1. The lowest BCUT2D eigenvalue weighted by Crippen LogP contribution is -2.42. The molecule has 0 unspecified atom stereocenters. The molecule has 4 nitrogen and oxygen atoms in total. The lowest BCUT2D eigenvalue weighted by atomic mass is 9.95. The zero-order valence-electron chi connectivity index (χ0n) is 9.65. The molecule has 1 heterocycles. The van der Waals surface area contributed by atoms with Gasteiger partial charge in [-0.2, -0.15) is 0 Å². The molecule has 0 bridgehead atoms. The van der Waals surface area contributed by atoms with Crippen molar-refractivity contribution in [3.05, 3.63) is 0 Å². The van der Waals surface area contributed by atoms with E-state index in [1.54, 1.807) is 18.2 Å². The number of nitrogens with two attached hydrogens (primary N) is 1. The summed E-state index contributed by atoms with van der Waals surface area (Å²) in [5, 5.41) is -0.302. The molecule has 15 heavy (non-hydrogen) atoms. The van der Waals surface area contributed by atoms with Crippen molar-refractivity contribution in [2.75, 3.05) is 19.6 Å². The third-order valence-corrected chi connectivity index (χ3v) is 5.38. The average molecular weight is 234 g/mol. The summed E-state index contributed by atoms with van der Waals surface area (Å²) in [5.41, 5.74) is 5.50. The Hall–Kier alpha value is -0.130. The Morgan fingerprint density at radius 3 is 2.27 bits per heavy atom. The summed E-state index contributed by atoms with van der Waals surface area (Å²) in [7, 11) is -3.04. The second-order valence-electron chi connectivity index (χ2n) is 4.51. The van der Waals surface area contributed by atoms with Crippen molar-refractivity contribution in [1.82, 2.24) is 4.31 Å².